The van der Waals surface area contributed by atoms with E-state index in [9.17, 15) is 9.59 Å². The molecule has 0 radical (unpaired) electrons. The minimum atomic E-state index is -1.06. The van der Waals surface area contributed by atoms with Crippen molar-refractivity contribution in [1.82, 2.24) is 5.32 Å². The van der Waals surface area contributed by atoms with Gasteiger partial charge in [-0.25, -0.2) is 4.79 Å². The first-order valence-corrected chi connectivity index (χ1v) is 4.76. The normalized spacial score (nSPS) is 26.6. The standard InChI is InChI=1S/C9H15NO4/c1-6(11)14-8-5-3-2-4-7(8)10-9(12)13/h7-8,10H,2-5H2,1H3,(H,12,13)/t7-,8-/m0/s1. The molecule has 1 aliphatic carbocycles. The lowest BCUT2D eigenvalue weighted by Gasteiger charge is -2.30. The summed E-state index contributed by atoms with van der Waals surface area (Å²) in [4.78, 5) is 21.2. The Morgan fingerprint density at radius 1 is 1.36 bits per heavy atom. The largest absolute Gasteiger partial charge is 0.465 e. The molecule has 14 heavy (non-hydrogen) atoms. The van der Waals surface area contributed by atoms with Gasteiger partial charge in [-0.3, -0.25) is 4.79 Å². The van der Waals surface area contributed by atoms with Gasteiger partial charge in [0.25, 0.3) is 0 Å². The number of nitrogens with one attached hydrogen (secondary N) is 1. The number of carbonyl (C=O) groups is 2. The number of carboxylic acid groups (broad SMARTS) is 1. The fraction of sp³-hybridized carbons (Fsp3) is 0.778. The van der Waals surface area contributed by atoms with E-state index in [1.165, 1.54) is 6.92 Å². The molecule has 0 aromatic carbocycles. The molecule has 80 valence electrons. The van der Waals surface area contributed by atoms with Gasteiger partial charge in [0.1, 0.15) is 6.10 Å². The van der Waals surface area contributed by atoms with E-state index >= 15 is 0 Å². The topological polar surface area (TPSA) is 75.6 Å². The number of hydrogen-bond donors (Lipinski definition) is 2. The van der Waals surface area contributed by atoms with Gasteiger partial charge in [-0.2, -0.15) is 0 Å². The third-order valence-corrected chi connectivity index (χ3v) is 2.33. The van der Waals surface area contributed by atoms with E-state index in [0.717, 1.165) is 25.7 Å². The van der Waals surface area contributed by atoms with E-state index in [-0.39, 0.29) is 18.1 Å². The van der Waals surface area contributed by atoms with Crippen LogP contribution in [0.15, 0.2) is 0 Å². The third-order valence-electron chi connectivity index (χ3n) is 2.33. The number of amides is 1. The zero-order valence-electron chi connectivity index (χ0n) is 8.16. The second-order valence-electron chi connectivity index (χ2n) is 3.49. The predicted molar refractivity (Wildman–Crippen MR) is 49.0 cm³/mol. The van der Waals surface area contributed by atoms with Crippen molar-refractivity contribution in [3.8, 4) is 0 Å². The average Bonchev–Trinajstić information content (AvgIpc) is 2.06. The summed E-state index contributed by atoms with van der Waals surface area (Å²) in [6, 6.07) is -0.245. The predicted octanol–water partition coefficient (Wildman–Crippen LogP) is 1.13. The lowest BCUT2D eigenvalue weighted by molar-refractivity contribution is -0.149. The Kier molecular flexibility index (Phi) is 3.73. The maximum Gasteiger partial charge on any atom is 0.405 e. The molecular formula is C9H15NO4. The second-order valence-corrected chi connectivity index (χ2v) is 3.49. The maximum atomic E-state index is 10.7. The van der Waals surface area contributed by atoms with Gasteiger partial charge in [0, 0.05) is 6.92 Å². The Bertz CT molecular complexity index is 205. The Labute approximate surface area is 82.4 Å². The molecule has 1 amide bonds. The van der Waals surface area contributed by atoms with Crippen molar-refractivity contribution in [3.63, 3.8) is 0 Å². The highest BCUT2D eigenvalue weighted by molar-refractivity contribution is 5.67. The van der Waals surface area contributed by atoms with Gasteiger partial charge in [0.05, 0.1) is 6.04 Å². The van der Waals surface area contributed by atoms with Gasteiger partial charge in [0.2, 0.25) is 0 Å². The smallest absolute Gasteiger partial charge is 0.405 e. The molecule has 5 heteroatoms. The first-order chi connectivity index (χ1) is 6.59. The molecule has 5 nitrogen and oxygen atoms in total. The van der Waals surface area contributed by atoms with E-state index in [4.69, 9.17) is 9.84 Å². The van der Waals surface area contributed by atoms with E-state index in [1.54, 1.807) is 0 Å². The quantitative estimate of drug-likeness (QED) is 0.656. The molecule has 1 fully saturated rings. The Morgan fingerprint density at radius 3 is 2.57 bits per heavy atom. The number of carbonyl (C=O) groups excluding carboxylic acids is 1. The molecule has 1 aliphatic rings. The molecule has 1 rings (SSSR count). The Morgan fingerprint density at radius 2 is 2.00 bits per heavy atom. The summed E-state index contributed by atoms with van der Waals surface area (Å²) in [5, 5.41) is 10.9. The average molecular weight is 201 g/mol. The van der Waals surface area contributed by atoms with Crippen LogP contribution < -0.4 is 5.32 Å². The molecule has 2 atom stereocenters. The monoisotopic (exact) mass is 201 g/mol. The van der Waals surface area contributed by atoms with Gasteiger partial charge in [0.15, 0.2) is 0 Å². The highest BCUT2D eigenvalue weighted by atomic mass is 16.5. The van der Waals surface area contributed by atoms with Crippen LogP contribution in [0.25, 0.3) is 0 Å². The van der Waals surface area contributed by atoms with Crippen LogP contribution >= 0.6 is 0 Å². The summed E-state index contributed by atoms with van der Waals surface area (Å²) in [5.74, 6) is -0.353. The van der Waals surface area contributed by atoms with E-state index < -0.39 is 6.09 Å². The van der Waals surface area contributed by atoms with Crippen molar-refractivity contribution < 1.29 is 19.4 Å². The van der Waals surface area contributed by atoms with Crippen molar-refractivity contribution in [2.45, 2.75) is 44.8 Å². The second kappa shape index (κ2) is 4.83. The summed E-state index contributed by atoms with van der Waals surface area (Å²) < 4.78 is 5.04. The SMILES string of the molecule is CC(=O)O[C@H]1CCCC[C@@H]1NC(=O)O. The fourth-order valence-electron chi connectivity index (χ4n) is 1.77. The van der Waals surface area contributed by atoms with Crippen molar-refractivity contribution in [3.05, 3.63) is 0 Å². The van der Waals surface area contributed by atoms with E-state index in [2.05, 4.69) is 5.32 Å². The van der Waals surface area contributed by atoms with Crippen LogP contribution in [0.2, 0.25) is 0 Å². The Balaban J connectivity index is 2.49. The number of hydrogen-bond acceptors (Lipinski definition) is 3. The minimum Gasteiger partial charge on any atom is -0.465 e. The van der Waals surface area contributed by atoms with Crippen LogP contribution in [-0.2, 0) is 9.53 Å². The van der Waals surface area contributed by atoms with Crippen LogP contribution in [-0.4, -0.2) is 29.3 Å². The highest BCUT2D eigenvalue weighted by Crippen LogP contribution is 2.21. The molecule has 0 heterocycles. The number of ether oxygens (including phenoxy) is 1. The van der Waals surface area contributed by atoms with Crippen molar-refractivity contribution in [2.75, 3.05) is 0 Å². The Hall–Kier alpha value is -1.26. The molecular weight excluding hydrogens is 186 g/mol. The maximum absolute atomic E-state index is 10.7. The van der Waals surface area contributed by atoms with Crippen molar-refractivity contribution >= 4 is 12.1 Å². The van der Waals surface area contributed by atoms with Gasteiger partial charge < -0.3 is 15.2 Å². The number of rotatable bonds is 2. The summed E-state index contributed by atoms with van der Waals surface area (Å²) in [7, 11) is 0. The molecule has 0 aromatic heterocycles. The van der Waals surface area contributed by atoms with Gasteiger partial charge in [-0.1, -0.05) is 6.42 Å². The molecule has 2 N–H and O–H groups in total. The zero-order valence-corrected chi connectivity index (χ0v) is 8.16. The summed E-state index contributed by atoms with van der Waals surface area (Å²) in [6.45, 7) is 1.34. The van der Waals surface area contributed by atoms with Crippen molar-refractivity contribution in [2.24, 2.45) is 0 Å². The van der Waals surface area contributed by atoms with Crippen LogP contribution in [0.4, 0.5) is 4.79 Å². The lowest BCUT2D eigenvalue weighted by Crippen LogP contribution is -2.46. The molecule has 0 saturated heterocycles. The molecule has 0 bridgehead atoms. The lowest BCUT2D eigenvalue weighted by atomic mass is 9.92. The van der Waals surface area contributed by atoms with Gasteiger partial charge >= 0.3 is 12.1 Å². The minimum absolute atomic E-state index is 0.245. The first-order valence-electron chi connectivity index (χ1n) is 4.76. The van der Waals surface area contributed by atoms with E-state index in [1.807, 2.05) is 0 Å². The molecule has 0 unspecified atom stereocenters. The van der Waals surface area contributed by atoms with E-state index in [0.29, 0.717) is 0 Å². The summed E-state index contributed by atoms with van der Waals surface area (Å²) in [5.41, 5.74) is 0. The summed E-state index contributed by atoms with van der Waals surface area (Å²) >= 11 is 0. The summed E-state index contributed by atoms with van der Waals surface area (Å²) in [6.07, 6.45) is 2.08. The van der Waals surface area contributed by atoms with Crippen molar-refractivity contribution in [1.29, 1.82) is 0 Å². The molecule has 0 spiro atoms. The van der Waals surface area contributed by atoms with Crippen LogP contribution in [0.3, 0.4) is 0 Å². The zero-order chi connectivity index (χ0) is 10.6. The van der Waals surface area contributed by atoms with Crippen LogP contribution in [0.5, 0.6) is 0 Å². The molecule has 0 aliphatic heterocycles. The van der Waals surface area contributed by atoms with Gasteiger partial charge in [-0.15, -0.1) is 0 Å². The third kappa shape index (κ3) is 3.24. The molecule has 0 aromatic rings. The molecule has 1 saturated carbocycles. The van der Waals surface area contributed by atoms with Crippen LogP contribution in [0.1, 0.15) is 32.6 Å². The van der Waals surface area contributed by atoms with Gasteiger partial charge in [-0.05, 0) is 19.3 Å². The fourth-order valence-corrected chi connectivity index (χ4v) is 1.77. The highest BCUT2D eigenvalue weighted by Gasteiger charge is 2.28. The number of esters is 1. The van der Waals surface area contributed by atoms with Crippen LogP contribution in [0, 0.1) is 0 Å². The first kappa shape index (κ1) is 10.8.